The molecule has 0 aliphatic carbocycles. The second kappa shape index (κ2) is 8.40. The molecule has 6 heteroatoms. The number of carbonyl (C=O) groups is 1. The molecule has 3 aromatic rings. The van der Waals surface area contributed by atoms with Crippen LogP contribution in [-0.4, -0.2) is 37.0 Å². The minimum atomic E-state index is -0.0457. The number of piperazine rings is 1. The summed E-state index contributed by atoms with van der Waals surface area (Å²) < 4.78 is 11.0. The van der Waals surface area contributed by atoms with Gasteiger partial charge in [0.05, 0.1) is 6.26 Å². The number of rotatable bonds is 5. The van der Waals surface area contributed by atoms with Crippen LogP contribution in [0.5, 0.6) is 5.75 Å². The molecule has 1 aromatic heterocycles. The van der Waals surface area contributed by atoms with E-state index in [4.69, 9.17) is 20.8 Å². The van der Waals surface area contributed by atoms with Gasteiger partial charge < -0.3 is 19.0 Å². The zero-order valence-corrected chi connectivity index (χ0v) is 16.1. The zero-order chi connectivity index (χ0) is 19.3. The predicted molar refractivity (Wildman–Crippen MR) is 109 cm³/mol. The second-order valence-corrected chi connectivity index (χ2v) is 7.10. The van der Waals surface area contributed by atoms with Crippen LogP contribution in [-0.2, 0) is 6.61 Å². The predicted octanol–water partition coefficient (Wildman–Crippen LogP) is 4.47. The molecule has 0 N–H and O–H groups in total. The van der Waals surface area contributed by atoms with Crippen molar-refractivity contribution in [1.82, 2.24) is 4.90 Å². The highest BCUT2D eigenvalue weighted by atomic mass is 35.5. The first-order valence-electron chi connectivity index (χ1n) is 9.24. The molecular weight excluding hydrogens is 376 g/mol. The van der Waals surface area contributed by atoms with E-state index in [-0.39, 0.29) is 5.91 Å². The first-order valence-corrected chi connectivity index (χ1v) is 9.62. The highest BCUT2D eigenvalue weighted by molar-refractivity contribution is 6.30. The van der Waals surface area contributed by atoms with Crippen molar-refractivity contribution in [2.24, 2.45) is 0 Å². The summed E-state index contributed by atoms with van der Waals surface area (Å²) in [5.41, 5.74) is 2.20. The van der Waals surface area contributed by atoms with E-state index < -0.39 is 0 Å². The van der Waals surface area contributed by atoms with Crippen molar-refractivity contribution < 1.29 is 13.9 Å². The minimum Gasteiger partial charge on any atom is -0.489 e. The van der Waals surface area contributed by atoms with Crippen LogP contribution >= 0.6 is 11.6 Å². The molecule has 5 nitrogen and oxygen atoms in total. The van der Waals surface area contributed by atoms with Gasteiger partial charge in [0, 0.05) is 36.9 Å². The molecule has 1 amide bonds. The summed E-state index contributed by atoms with van der Waals surface area (Å²) in [4.78, 5) is 16.5. The lowest BCUT2D eigenvalue weighted by atomic mass is 10.2. The van der Waals surface area contributed by atoms with Crippen molar-refractivity contribution in [3.05, 3.63) is 83.3 Å². The molecule has 0 spiro atoms. The first-order chi connectivity index (χ1) is 13.7. The van der Waals surface area contributed by atoms with Crippen molar-refractivity contribution in [3.63, 3.8) is 0 Å². The molecule has 0 atom stereocenters. The number of ether oxygens (including phenoxy) is 1. The van der Waals surface area contributed by atoms with Crippen molar-refractivity contribution in [2.75, 3.05) is 31.1 Å². The van der Waals surface area contributed by atoms with Crippen LogP contribution in [0.2, 0.25) is 5.02 Å². The lowest BCUT2D eigenvalue weighted by Crippen LogP contribution is -2.48. The van der Waals surface area contributed by atoms with Crippen LogP contribution < -0.4 is 9.64 Å². The van der Waals surface area contributed by atoms with E-state index in [1.807, 2.05) is 41.3 Å². The van der Waals surface area contributed by atoms with E-state index in [1.54, 1.807) is 12.1 Å². The zero-order valence-electron chi connectivity index (χ0n) is 15.4. The standard InChI is InChI=1S/C22H21ClN2O3/c23-18-5-3-17(4-6-18)16-28-20-9-7-19(8-10-20)24-11-13-25(14-12-24)22(26)21-2-1-15-27-21/h1-10,15H,11-14,16H2. The third-order valence-corrected chi connectivity index (χ3v) is 5.07. The van der Waals surface area contributed by atoms with Crippen LogP contribution in [0.1, 0.15) is 16.1 Å². The Hall–Kier alpha value is -2.92. The van der Waals surface area contributed by atoms with Gasteiger partial charge in [-0.25, -0.2) is 0 Å². The number of hydrogen-bond acceptors (Lipinski definition) is 4. The van der Waals surface area contributed by atoms with Gasteiger partial charge in [0.25, 0.3) is 5.91 Å². The third-order valence-electron chi connectivity index (χ3n) is 4.82. The molecule has 4 rings (SSSR count). The van der Waals surface area contributed by atoms with Gasteiger partial charge in [-0.3, -0.25) is 4.79 Å². The number of carbonyl (C=O) groups excluding carboxylic acids is 1. The molecule has 0 unspecified atom stereocenters. The fourth-order valence-electron chi connectivity index (χ4n) is 3.22. The maximum Gasteiger partial charge on any atom is 0.289 e. The Balaban J connectivity index is 1.29. The van der Waals surface area contributed by atoms with Crippen molar-refractivity contribution >= 4 is 23.2 Å². The third kappa shape index (κ3) is 4.31. The normalized spacial score (nSPS) is 14.2. The monoisotopic (exact) mass is 396 g/mol. The lowest BCUT2D eigenvalue weighted by molar-refractivity contribution is 0.0714. The van der Waals surface area contributed by atoms with Crippen molar-refractivity contribution in [2.45, 2.75) is 6.61 Å². The van der Waals surface area contributed by atoms with E-state index in [0.717, 1.165) is 35.1 Å². The lowest BCUT2D eigenvalue weighted by Gasteiger charge is -2.35. The molecule has 1 aliphatic heterocycles. The van der Waals surface area contributed by atoms with E-state index in [2.05, 4.69) is 17.0 Å². The summed E-state index contributed by atoms with van der Waals surface area (Å²) in [5, 5.41) is 0.721. The largest absolute Gasteiger partial charge is 0.489 e. The van der Waals surface area contributed by atoms with Gasteiger partial charge in [-0.2, -0.15) is 0 Å². The van der Waals surface area contributed by atoms with Gasteiger partial charge in [0.2, 0.25) is 0 Å². The van der Waals surface area contributed by atoms with Gasteiger partial charge in [-0.15, -0.1) is 0 Å². The van der Waals surface area contributed by atoms with Crippen LogP contribution in [0.4, 0.5) is 5.69 Å². The molecule has 1 saturated heterocycles. The number of anilines is 1. The van der Waals surface area contributed by atoms with Crippen molar-refractivity contribution in [1.29, 1.82) is 0 Å². The maximum atomic E-state index is 12.3. The molecule has 1 fully saturated rings. The summed E-state index contributed by atoms with van der Waals surface area (Å²) in [7, 11) is 0. The molecule has 0 saturated carbocycles. The molecular formula is C22H21ClN2O3. The number of nitrogens with zero attached hydrogens (tertiary/aromatic N) is 2. The van der Waals surface area contributed by atoms with Crippen LogP contribution in [0.3, 0.4) is 0 Å². The van der Waals surface area contributed by atoms with Gasteiger partial charge in [-0.05, 0) is 54.1 Å². The highest BCUT2D eigenvalue weighted by Gasteiger charge is 2.23. The van der Waals surface area contributed by atoms with Crippen LogP contribution in [0, 0.1) is 0 Å². The van der Waals surface area contributed by atoms with Gasteiger partial charge >= 0.3 is 0 Å². The summed E-state index contributed by atoms with van der Waals surface area (Å²) in [6.45, 7) is 3.43. The fraction of sp³-hybridized carbons (Fsp3) is 0.227. The quantitative estimate of drug-likeness (QED) is 0.638. The number of halogens is 1. The summed E-state index contributed by atoms with van der Waals surface area (Å²) in [5.74, 6) is 1.18. The van der Waals surface area contributed by atoms with Gasteiger partial charge in [-0.1, -0.05) is 23.7 Å². The Morgan fingerprint density at radius 3 is 2.32 bits per heavy atom. The fourth-order valence-corrected chi connectivity index (χ4v) is 3.35. The molecule has 2 heterocycles. The van der Waals surface area contributed by atoms with Crippen LogP contribution in [0.25, 0.3) is 0 Å². The average molecular weight is 397 g/mol. The number of benzene rings is 2. The average Bonchev–Trinajstić information content (AvgIpc) is 3.28. The first kappa shape index (κ1) is 18.4. The Morgan fingerprint density at radius 2 is 1.68 bits per heavy atom. The second-order valence-electron chi connectivity index (χ2n) is 6.67. The Kier molecular flexibility index (Phi) is 5.53. The number of hydrogen-bond donors (Lipinski definition) is 0. The molecule has 1 aliphatic rings. The Morgan fingerprint density at radius 1 is 0.964 bits per heavy atom. The van der Waals surface area contributed by atoms with E-state index in [0.29, 0.717) is 25.5 Å². The molecule has 2 aromatic carbocycles. The van der Waals surface area contributed by atoms with Crippen LogP contribution in [0.15, 0.2) is 71.3 Å². The molecule has 144 valence electrons. The SMILES string of the molecule is O=C(c1ccco1)N1CCN(c2ccc(OCc3ccc(Cl)cc3)cc2)CC1. The highest BCUT2D eigenvalue weighted by Crippen LogP contribution is 2.22. The summed E-state index contributed by atoms with van der Waals surface area (Å²) >= 11 is 5.90. The van der Waals surface area contributed by atoms with E-state index in [9.17, 15) is 4.79 Å². The van der Waals surface area contributed by atoms with Gasteiger partial charge in [0.1, 0.15) is 12.4 Å². The molecule has 0 radical (unpaired) electrons. The summed E-state index contributed by atoms with van der Waals surface area (Å²) in [6, 6.07) is 19.1. The maximum absolute atomic E-state index is 12.3. The van der Waals surface area contributed by atoms with E-state index >= 15 is 0 Å². The number of amides is 1. The molecule has 0 bridgehead atoms. The smallest absolute Gasteiger partial charge is 0.289 e. The Bertz CT molecular complexity index is 900. The minimum absolute atomic E-state index is 0.0457. The Labute approximate surface area is 169 Å². The van der Waals surface area contributed by atoms with Gasteiger partial charge in [0.15, 0.2) is 5.76 Å². The van der Waals surface area contributed by atoms with E-state index in [1.165, 1.54) is 6.26 Å². The molecule has 28 heavy (non-hydrogen) atoms. The topological polar surface area (TPSA) is 45.9 Å². The number of furan rings is 1. The van der Waals surface area contributed by atoms with Crippen molar-refractivity contribution in [3.8, 4) is 5.75 Å². The summed E-state index contributed by atoms with van der Waals surface area (Å²) in [6.07, 6.45) is 1.53.